The highest BCUT2D eigenvalue weighted by atomic mass is 16.5. The lowest BCUT2D eigenvalue weighted by Crippen LogP contribution is -2.14. The number of benzene rings is 1. The number of aliphatic hydroxyl groups excluding tert-OH is 1. The molecule has 0 heterocycles. The Morgan fingerprint density at radius 2 is 1.95 bits per heavy atom. The molecule has 0 saturated carbocycles. The van der Waals surface area contributed by atoms with E-state index in [2.05, 4.69) is 19.1 Å². The molecule has 1 N–H and O–H groups in total. The molecule has 3 heteroatoms. The van der Waals surface area contributed by atoms with E-state index in [1.54, 1.807) is 0 Å². The molecule has 1 aromatic rings. The van der Waals surface area contributed by atoms with Gasteiger partial charge in [-0.1, -0.05) is 37.6 Å². The van der Waals surface area contributed by atoms with Gasteiger partial charge >= 0.3 is 5.97 Å². The van der Waals surface area contributed by atoms with Gasteiger partial charge in [-0.25, -0.2) is 0 Å². The fraction of sp³-hybridized carbons (Fsp3) is 0.562. The predicted molar refractivity (Wildman–Crippen MR) is 76.1 cm³/mol. The van der Waals surface area contributed by atoms with Crippen LogP contribution in [-0.4, -0.2) is 24.8 Å². The van der Waals surface area contributed by atoms with Crippen LogP contribution in [0.1, 0.15) is 49.7 Å². The summed E-state index contributed by atoms with van der Waals surface area (Å²) in [5, 5.41) is 8.76. The molecule has 1 atom stereocenters. The summed E-state index contributed by atoms with van der Waals surface area (Å²) in [6.07, 6.45) is 4.57. The molecule has 0 saturated heterocycles. The van der Waals surface area contributed by atoms with Crippen molar-refractivity contribution in [2.45, 2.75) is 44.9 Å². The van der Waals surface area contributed by atoms with Crippen molar-refractivity contribution >= 4 is 5.97 Å². The number of hydrogen-bond donors (Lipinski definition) is 1. The van der Waals surface area contributed by atoms with Crippen molar-refractivity contribution in [1.82, 2.24) is 0 Å². The number of carbonyl (C=O) groups excluding carboxylic acids is 1. The zero-order chi connectivity index (χ0) is 14.1. The third-order valence-corrected chi connectivity index (χ3v) is 3.32. The lowest BCUT2D eigenvalue weighted by Gasteiger charge is -2.14. The first kappa shape index (κ1) is 15.7. The number of ether oxygens (including phenoxy) is 1. The standard InChI is InChI=1S/C16H24O3/c1-3-6-15(16(18)19-2)14-10-8-13(9-11-14)7-4-5-12-17/h8-11,15,17H,3-7,12H2,1-2H3. The number of rotatable bonds is 8. The summed E-state index contributed by atoms with van der Waals surface area (Å²) in [5.41, 5.74) is 2.27. The number of methoxy groups -OCH3 is 1. The van der Waals surface area contributed by atoms with E-state index in [0.29, 0.717) is 0 Å². The molecule has 19 heavy (non-hydrogen) atoms. The second-order valence-corrected chi connectivity index (χ2v) is 4.79. The van der Waals surface area contributed by atoms with Gasteiger partial charge in [-0.2, -0.15) is 0 Å². The molecule has 1 unspecified atom stereocenters. The van der Waals surface area contributed by atoms with Crippen molar-refractivity contribution in [3.05, 3.63) is 35.4 Å². The molecular formula is C16H24O3. The SMILES string of the molecule is CCCC(C(=O)OC)c1ccc(CCCCO)cc1. The number of hydrogen-bond acceptors (Lipinski definition) is 3. The van der Waals surface area contributed by atoms with Crippen LogP contribution in [0.4, 0.5) is 0 Å². The van der Waals surface area contributed by atoms with Crippen molar-refractivity contribution in [2.75, 3.05) is 13.7 Å². The van der Waals surface area contributed by atoms with E-state index < -0.39 is 0 Å². The van der Waals surface area contributed by atoms with Gasteiger partial charge < -0.3 is 9.84 Å². The minimum Gasteiger partial charge on any atom is -0.469 e. The number of aliphatic hydroxyl groups is 1. The van der Waals surface area contributed by atoms with Crippen LogP contribution in [0.2, 0.25) is 0 Å². The van der Waals surface area contributed by atoms with Crippen LogP contribution in [0.3, 0.4) is 0 Å². The van der Waals surface area contributed by atoms with Crippen molar-refractivity contribution < 1.29 is 14.6 Å². The predicted octanol–water partition coefficient (Wildman–Crippen LogP) is 3.06. The van der Waals surface area contributed by atoms with E-state index in [4.69, 9.17) is 9.84 Å². The number of esters is 1. The molecule has 0 bridgehead atoms. The first-order valence-electron chi connectivity index (χ1n) is 7.00. The van der Waals surface area contributed by atoms with E-state index in [1.165, 1.54) is 12.7 Å². The second-order valence-electron chi connectivity index (χ2n) is 4.79. The lowest BCUT2D eigenvalue weighted by atomic mass is 9.93. The summed E-state index contributed by atoms with van der Waals surface area (Å²) >= 11 is 0. The minimum absolute atomic E-state index is 0.151. The molecule has 106 valence electrons. The third-order valence-electron chi connectivity index (χ3n) is 3.32. The maximum absolute atomic E-state index is 11.7. The highest BCUT2D eigenvalue weighted by molar-refractivity contribution is 5.78. The van der Waals surface area contributed by atoms with Crippen molar-refractivity contribution in [2.24, 2.45) is 0 Å². The lowest BCUT2D eigenvalue weighted by molar-refractivity contribution is -0.142. The Morgan fingerprint density at radius 1 is 1.26 bits per heavy atom. The minimum atomic E-state index is -0.158. The summed E-state index contributed by atoms with van der Waals surface area (Å²) in [7, 11) is 1.44. The van der Waals surface area contributed by atoms with Crippen LogP contribution in [0, 0.1) is 0 Å². The maximum Gasteiger partial charge on any atom is 0.313 e. The molecular weight excluding hydrogens is 240 g/mol. The summed E-state index contributed by atoms with van der Waals surface area (Å²) in [5.74, 6) is -0.309. The summed E-state index contributed by atoms with van der Waals surface area (Å²) in [6, 6.07) is 8.17. The summed E-state index contributed by atoms with van der Waals surface area (Å²) in [4.78, 5) is 11.7. The summed E-state index contributed by atoms with van der Waals surface area (Å²) < 4.78 is 4.86. The van der Waals surface area contributed by atoms with Crippen LogP contribution in [0.15, 0.2) is 24.3 Å². The van der Waals surface area contributed by atoms with Gasteiger partial charge in [-0.15, -0.1) is 0 Å². The van der Waals surface area contributed by atoms with Gasteiger partial charge in [-0.05, 0) is 36.8 Å². The first-order valence-corrected chi connectivity index (χ1v) is 7.00. The van der Waals surface area contributed by atoms with Crippen LogP contribution in [0.25, 0.3) is 0 Å². The van der Waals surface area contributed by atoms with Crippen LogP contribution >= 0.6 is 0 Å². The average molecular weight is 264 g/mol. The van der Waals surface area contributed by atoms with E-state index >= 15 is 0 Å². The van der Waals surface area contributed by atoms with Crippen molar-refractivity contribution in [3.8, 4) is 0 Å². The molecule has 1 aromatic carbocycles. The smallest absolute Gasteiger partial charge is 0.313 e. The number of aryl methyl sites for hydroxylation is 1. The number of carbonyl (C=O) groups is 1. The van der Waals surface area contributed by atoms with Gasteiger partial charge in [0, 0.05) is 6.61 Å². The fourth-order valence-corrected chi connectivity index (χ4v) is 2.21. The zero-order valence-corrected chi connectivity index (χ0v) is 11.9. The topological polar surface area (TPSA) is 46.5 Å². The molecule has 0 aliphatic carbocycles. The van der Waals surface area contributed by atoms with Crippen LogP contribution < -0.4 is 0 Å². The fourth-order valence-electron chi connectivity index (χ4n) is 2.21. The highest BCUT2D eigenvalue weighted by Crippen LogP contribution is 2.23. The highest BCUT2D eigenvalue weighted by Gasteiger charge is 2.19. The molecule has 3 nitrogen and oxygen atoms in total. The van der Waals surface area contributed by atoms with Gasteiger partial charge in [-0.3, -0.25) is 4.79 Å². The molecule has 0 amide bonds. The third kappa shape index (κ3) is 5.03. The van der Waals surface area contributed by atoms with Gasteiger partial charge in [0.2, 0.25) is 0 Å². The molecule has 0 aliphatic heterocycles. The number of unbranched alkanes of at least 4 members (excludes halogenated alkanes) is 1. The van der Waals surface area contributed by atoms with Crippen molar-refractivity contribution in [3.63, 3.8) is 0 Å². The summed E-state index contributed by atoms with van der Waals surface area (Å²) in [6.45, 7) is 2.32. The normalized spacial score (nSPS) is 12.2. The van der Waals surface area contributed by atoms with Crippen LogP contribution in [0.5, 0.6) is 0 Å². The van der Waals surface area contributed by atoms with Gasteiger partial charge in [0.15, 0.2) is 0 Å². The zero-order valence-electron chi connectivity index (χ0n) is 11.9. The Hall–Kier alpha value is -1.35. The Morgan fingerprint density at radius 3 is 2.47 bits per heavy atom. The first-order chi connectivity index (χ1) is 9.22. The van der Waals surface area contributed by atoms with Crippen molar-refractivity contribution in [1.29, 1.82) is 0 Å². The molecule has 0 spiro atoms. The quantitative estimate of drug-likeness (QED) is 0.580. The Bertz CT molecular complexity index is 370. The monoisotopic (exact) mass is 264 g/mol. The Labute approximate surface area is 115 Å². The second kappa shape index (κ2) is 8.70. The largest absolute Gasteiger partial charge is 0.469 e. The van der Waals surface area contributed by atoms with Gasteiger partial charge in [0.05, 0.1) is 13.0 Å². The Balaban J connectivity index is 2.69. The molecule has 0 aliphatic rings. The van der Waals surface area contributed by atoms with E-state index in [0.717, 1.165) is 37.7 Å². The molecule has 0 aromatic heterocycles. The van der Waals surface area contributed by atoms with E-state index in [9.17, 15) is 4.79 Å². The molecule has 0 fully saturated rings. The Kier molecular flexibility index (Phi) is 7.19. The van der Waals surface area contributed by atoms with Crippen LogP contribution in [-0.2, 0) is 16.0 Å². The van der Waals surface area contributed by atoms with Gasteiger partial charge in [0.1, 0.15) is 0 Å². The van der Waals surface area contributed by atoms with E-state index in [-0.39, 0.29) is 18.5 Å². The van der Waals surface area contributed by atoms with Gasteiger partial charge in [0.25, 0.3) is 0 Å². The maximum atomic E-state index is 11.7. The van der Waals surface area contributed by atoms with E-state index in [1.807, 2.05) is 12.1 Å². The molecule has 1 rings (SSSR count). The average Bonchev–Trinajstić information content (AvgIpc) is 2.45. The molecule has 0 radical (unpaired) electrons.